The van der Waals surface area contributed by atoms with Crippen LogP contribution in [0.1, 0.15) is 25.3 Å². The molecule has 1 aromatic rings. The first-order valence-corrected chi connectivity index (χ1v) is 5.91. The van der Waals surface area contributed by atoms with Crippen molar-refractivity contribution >= 4 is 23.3 Å². The van der Waals surface area contributed by atoms with Crippen LogP contribution in [0.3, 0.4) is 0 Å². The van der Waals surface area contributed by atoms with Crippen molar-refractivity contribution in [2.75, 3.05) is 6.54 Å². The molecule has 0 aliphatic carbocycles. The number of nitrogens with one attached hydrogen (secondary N) is 1. The maximum atomic E-state index is 11.7. The van der Waals surface area contributed by atoms with Gasteiger partial charge in [0, 0.05) is 24.5 Å². The molecule has 16 heavy (non-hydrogen) atoms. The van der Waals surface area contributed by atoms with E-state index in [2.05, 4.69) is 10.3 Å². The number of hydrogen-bond acceptors (Lipinski definition) is 4. The Hall–Kier alpha value is -1.43. The number of carbonyl (C=O) groups excluding carboxylic acids is 2. The topological polar surface area (TPSA) is 62.3 Å². The van der Waals surface area contributed by atoms with E-state index in [0.29, 0.717) is 13.0 Å². The Morgan fingerprint density at radius 2 is 2.25 bits per heavy atom. The van der Waals surface area contributed by atoms with E-state index in [4.69, 9.17) is 0 Å². The van der Waals surface area contributed by atoms with Crippen LogP contribution in [-0.4, -0.2) is 28.4 Å². The molecular weight excluding hydrogens is 226 g/mol. The summed E-state index contributed by atoms with van der Waals surface area (Å²) in [5.41, 5.74) is -0.473. The van der Waals surface area contributed by atoms with Gasteiger partial charge < -0.3 is 4.90 Å². The summed E-state index contributed by atoms with van der Waals surface area (Å²) in [7, 11) is 0. The zero-order chi connectivity index (χ0) is 11.8. The summed E-state index contributed by atoms with van der Waals surface area (Å²) in [5.74, 6) is -0.212. The Labute approximate surface area is 97.5 Å². The van der Waals surface area contributed by atoms with Gasteiger partial charge in [0.05, 0.1) is 5.54 Å². The number of hydrogen-bond donors (Lipinski definition) is 1. The molecule has 0 unspecified atom stereocenters. The highest BCUT2D eigenvalue weighted by atomic mass is 32.1. The molecule has 1 aromatic heterocycles. The van der Waals surface area contributed by atoms with E-state index in [1.165, 1.54) is 11.3 Å². The lowest BCUT2D eigenvalue weighted by Gasteiger charge is -2.38. The van der Waals surface area contributed by atoms with Crippen LogP contribution in [0.15, 0.2) is 11.6 Å². The van der Waals surface area contributed by atoms with Crippen LogP contribution >= 0.6 is 11.3 Å². The van der Waals surface area contributed by atoms with Gasteiger partial charge >= 0.3 is 6.03 Å². The third kappa shape index (κ3) is 1.80. The van der Waals surface area contributed by atoms with Gasteiger partial charge in [-0.1, -0.05) is 0 Å². The fourth-order valence-corrected chi connectivity index (χ4v) is 2.51. The molecule has 1 N–H and O–H groups in total. The van der Waals surface area contributed by atoms with Crippen molar-refractivity contribution in [2.45, 2.75) is 25.8 Å². The van der Waals surface area contributed by atoms with Gasteiger partial charge in [0.1, 0.15) is 5.01 Å². The van der Waals surface area contributed by atoms with E-state index in [9.17, 15) is 9.59 Å². The minimum absolute atomic E-state index is 0.212. The SMILES string of the molecule is CC(C)(c1nccs1)N1CCC(=O)NC1=O. The van der Waals surface area contributed by atoms with Crippen LogP contribution in [0.2, 0.25) is 0 Å². The summed E-state index contributed by atoms with van der Waals surface area (Å²) in [4.78, 5) is 28.7. The quantitative estimate of drug-likeness (QED) is 0.846. The van der Waals surface area contributed by atoms with Crippen molar-refractivity contribution < 1.29 is 9.59 Å². The van der Waals surface area contributed by atoms with E-state index in [-0.39, 0.29) is 11.9 Å². The third-order valence-electron chi connectivity index (χ3n) is 2.68. The average molecular weight is 239 g/mol. The number of thiazole rings is 1. The van der Waals surface area contributed by atoms with Crippen molar-refractivity contribution in [1.82, 2.24) is 15.2 Å². The second kappa shape index (κ2) is 3.86. The van der Waals surface area contributed by atoms with E-state index < -0.39 is 5.54 Å². The maximum Gasteiger partial charge on any atom is 0.324 e. The fraction of sp³-hybridized carbons (Fsp3) is 0.500. The highest BCUT2D eigenvalue weighted by molar-refractivity contribution is 7.09. The van der Waals surface area contributed by atoms with E-state index in [1.54, 1.807) is 11.1 Å². The minimum Gasteiger partial charge on any atom is -0.312 e. The molecule has 86 valence electrons. The molecule has 1 aliphatic rings. The van der Waals surface area contributed by atoms with E-state index in [1.807, 2.05) is 19.2 Å². The van der Waals surface area contributed by atoms with Gasteiger partial charge in [-0.2, -0.15) is 0 Å². The monoisotopic (exact) mass is 239 g/mol. The second-order valence-electron chi connectivity index (χ2n) is 4.15. The molecule has 1 saturated heterocycles. The number of aromatic nitrogens is 1. The summed E-state index contributed by atoms with van der Waals surface area (Å²) in [6.45, 7) is 4.31. The lowest BCUT2D eigenvalue weighted by Crippen LogP contribution is -2.56. The highest BCUT2D eigenvalue weighted by Gasteiger charge is 2.37. The van der Waals surface area contributed by atoms with Gasteiger partial charge in [-0.3, -0.25) is 10.1 Å². The molecule has 2 rings (SSSR count). The highest BCUT2D eigenvalue weighted by Crippen LogP contribution is 2.30. The van der Waals surface area contributed by atoms with Gasteiger partial charge in [-0.25, -0.2) is 9.78 Å². The Balaban J connectivity index is 2.24. The van der Waals surface area contributed by atoms with E-state index in [0.717, 1.165) is 5.01 Å². The molecular formula is C10H13N3O2S. The van der Waals surface area contributed by atoms with Crippen LogP contribution < -0.4 is 5.32 Å². The Morgan fingerprint density at radius 3 is 2.81 bits per heavy atom. The number of rotatable bonds is 2. The number of nitrogens with zero attached hydrogens (tertiary/aromatic N) is 2. The van der Waals surface area contributed by atoms with Gasteiger partial charge in [0.15, 0.2) is 0 Å². The van der Waals surface area contributed by atoms with Crippen LogP contribution in [0.5, 0.6) is 0 Å². The maximum absolute atomic E-state index is 11.7. The van der Waals surface area contributed by atoms with Crippen molar-refractivity contribution in [1.29, 1.82) is 0 Å². The molecule has 1 fully saturated rings. The normalized spacial score (nSPS) is 17.5. The van der Waals surface area contributed by atoms with Crippen molar-refractivity contribution in [3.8, 4) is 0 Å². The van der Waals surface area contributed by atoms with Gasteiger partial charge in [-0.05, 0) is 13.8 Å². The zero-order valence-electron chi connectivity index (χ0n) is 9.19. The van der Waals surface area contributed by atoms with Crippen LogP contribution in [-0.2, 0) is 10.3 Å². The first kappa shape index (κ1) is 11.1. The Bertz CT molecular complexity index is 414. The number of imide groups is 1. The predicted octanol–water partition coefficient (Wildman–Crippen LogP) is 1.32. The molecule has 0 saturated carbocycles. The fourth-order valence-electron chi connectivity index (χ4n) is 1.74. The standard InChI is InChI=1S/C10H13N3O2S/c1-10(2,8-11-4-6-16-8)13-5-3-7(14)12-9(13)15/h4,6H,3,5H2,1-2H3,(H,12,14,15). The number of amides is 3. The molecule has 2 heterocycles. The first-order chi connectivity index (χ1) is 7.51. The molecule has 3 amide bonds. The molecule has 1 aliphatic heterocycles. The average Bonchev–Trinajstić information content (AvgIpc) is 2.69. The summed E-state index contributed by atoms with van der Waals surface area (Å²) in [6.07, 6.45) is 2.06. The van der Waals surface area contributed by atoms with Crippen LogP contribution in [0.4, 0.5) is 4.79 Å². The number of urea groups is 1. The Morgan fingerprint density at radius 1 is 1.50 bits per heavy atom. The molecule has 0 radical (unpaired) electrons. The van der Waals surface area contributed by atoms with Crippen molar-refractivity contribution in [3.63, 3.8) is 0 Å². The zero-order valence-corrected chi connectivity index (χ0v) is 10.0. The lowest BCUT2D eigenvalue weighted by molar-refractivity contribution is -0.122. The van der Waals surface area contributed by atoms with Gasteiger partial charge in [0.25, 0.3) is 0 Å². The lowest BCUT2D eigenvalue weighted by atomic mass is 10.0. The van der Waals surface area contributed by atoms with E-state index >= 15 is 0 Å². The van der Waals surface area contributed by atoms with Crippen molar-refractivity contribution in [3.05, 3.63) is 16.6 Å². The minimum atomic E-state index is -0.473. The summed E-state index contributed by atoms with van der Waals surface area (Å²) in [6, 6.07) is -0.337. The van der Waals surface area contributed by atoms with Crippen LogP contribution in [0, 0.1) is 0 Å². The Kier molecular flexibility index (Phi) is 2.67. The van der Waals surface area contributed by atoms with Gasteiger partial charge in [-0.15, -0.1) is 11.3 Å². The molecule has 0 aromatic carbocycles. The smallest absolute Gasteiger partial charge is 0.312 e. The molecule has 6 heteroatoms. The summed E-state index contributed by atoms with van der Waals surface area (Å²) < 4.78 is 0. The molecule has 0 spiro atoms. The summed E-state index contributed by atoms with van der Waals surface area (Å²) in [5, 5.41) is 5.07. The second-order valence-corrected chi connectivity index (χ2v) is 5.05. The largest absolute Gasteiger partial charge is 0.324 e. The molecule has 0 bridgehead atoms. The third-order valence-corrected chi connectivity index (χ3v) is 3.77. The summed E-state index contributed by atoms with van der Waals surface area (Å²) >= 11 is 1.51. The predicted molar refractivity (Wildman–Crippen MR) is 60.0 cm³/mol. The number of carbonyl (C=O) groups is 2. The first-order valence-electron chi connectivity index (χ1n) is 5.03. The van der Waals surface area contributed by atoms with Gasteiger partial charge in [0.2, 0.25) is 5.91 Å². The van der Waals surface area contributed by atoms with Crippen molar-refractivity contribution in [2.24, 2.45) is 0 Å². The van der Waals surface area contributed by atoms with Crippen LogP contribution in [0.25, 0.3) is 0 Å². The molecule has 5 nitrogen and oxygen atoms in total. The molecule has 0 atom stereocenters.